The molecule has 1 amide bonds. The van der Waals surface area contributed by atoms with Crippen LogP contribution in [-0.2, 0) is 4.79 Å². The Morgan fingerprint density at radius 1 is 1.08 bits per heavy atom. The van der Waals surface area contributed by atoms with Crippen molar-refractivity contribution in [2.75, 3.05) is 6.54 Å². The molecule has 0 spiro atoms. The number of nitrogens with one attached hydrogen (secondary N) is 2. The Hall–Kier alpha value is -2.81. The number of carbonyl (C=O) groups excluding carboxylic acids is 1. The fraction of sp³-hybridized carbons (Fsp3) is 0.261. The van der Waals surface area contributed by atoms with Crippen molar-refractivity contribution in [2.45, 2.75) is 25.2 Å². The number of para-hydroxylation sites is 1. The van der Waals surface area contributed by atoms with Gasteiger partial charge in [0.2, 0.25) is 5.91 Å². The van der Waals surface area contributed by atoms with Crippen molar-refractivity contribution in [3.8, 4) is 0 Å². The largest absolute Gasteiger partial charge is 0.361 e. The lowest BCUT2D eigenvalue weighted by molar-refractivity contribution is -0.125. The summed E-state index contributed by atoms with van der Waals surface area (Å²) in [7, 11) is 0. The van der Waals surface area contributed by atoms with E-state index in [9.17, 15) is 4.79 Å². The topological polar surface area (TPSA) is 44.9 Å². The molecule has 3 heteroatoms. The fourth-order valence-corrected chi connectivity index (χ4v) is 3.85. The summed E-state index contributed by atoms with van der Waals surface area (Å²) in [5, 5.41) is 4.44. The third kappa shape index (κ3) is 3.43. The molecule has 0 saturated heterocycles. The third-order valence-corrected chi connectivity index (χ3v) is 5.32. The molecule has 0 saturated carbocycles. The second kappa shape index (κ2) is 7.61. The van der Waals surface area contributed by atoms with Crippen molar-refractivity contribution in [2.24, 2.45) is 5.92 Å². The number of hydrogen-bond donors (Lipinski definition) is 2. The third-order valence-electron chi connectivity index (χ3n) is 5.32. The monoisotopic (exact) mass is 344 g/mol. The van der Waals surface area contributed by atoms with Crippen LogP contribution in [0.15, 0.2) is 72.9 Å². The molecule has 26 heavy (non-hydrogen) atoms. The SMILES string of the molecule is O=C(NC[C@@H](c1ccccc1)c1c[nH]c2ccccc12)[C@@H]1CC=CCC1. The lowest BCUT2D eigenvalue weighted by Gasteiger charge is -2.21. The fourth-order valence-electron chi connectivity index (χ4n) is 3.85. The van der Waals surface area contributed by atoms with Gasteiger partial charge < -0.3 is 10.3 Å². The molecule has 0 radical (unpaired) electrons. The number of carbonyl (C=O) groups is 1. The first-order chi connectivity index (χ1) is 12.8. The van der Waals surface area contributed by atoms with Crippen LogP contribution in [0.5, 0.6) is 0 Å². The summed E-state index contributed by atoms with van der Waals surface area (Å²) in [6, 6.07) is 18.8. The minimum absolute atomic E-state index is 0.111. The van der Waals surface area contributed by atoms with Gasteiger partial charge in [0.1, 0.15) is 0 Å². The van der Waals surface area contributed by atoms with Crippen molar-refractivity contribution in [3.63, 3.8) is 0 Å². The predicted octanol–water partition coefficient (Wildman–Crippen LogP) is 4.77. The maximum atomic E-state index is 12.6. The summed E-state index contributed by atoms with van der Waals surface area (Å²) in [5.74, 6) is 0.421. The summed E-state index contributed by atoms with van der Waals surface area (Å²) in [5.41, 5.74) is 3.59. The normalized spacial score (nSPS) is 17.9. The van der Waals surface area contributed by atoms with Gasteiger partial charge in [0.05, 0.1) is 0 Å². The minimum atomic E-state index is 0.111. The molecule has 3 nitrogen and oxygen atoms in total. The Morgan fingerprint density at radius 2 is 1.88 bits per heavy atom. The van der Waals surface area contributed by atoms with Crippen LogP contribution in [0.2, 0.25) is 0 Å². The van der Waals surface area contributed by atoms with Crippen LogP contribution in [0.3, 0.4) is 0 Å². The maximum Gasteiger partial charge on any atom is 0.223 e. The van der Waals surface area contributed by atoms with Crippen molar-refractivity contribution in [1.82, 2.24) is 10.3 Å². The molecule has 0 fully saturated rings. The Kier molecular flexibility index (Phi) is 4.87. The quantitative estimate of drug-likeness (QED) is 0.643. The molecule has 2 atom stereocenters. The molecule has 4 rings (SSSR count). The molecule has 1 aliphatic carbocycles. The summed E-state index contributed by atoms with van der Waals surface area (Å²) in [4.78, 5) is 16.0. The Bertz CT molecular complexity index is 910. The van der Waals surface area contributed by atoms with Crippen molar-refractivity contribution >= 4 is 16.8 Å². The first-order valence-corrected chi connectivity index (χ1v) is 9.36. The molecule has 0 aliphatic heterocycles. The van der Waals surface area contributed by atoms with Crippen LogP contribution < -0.4 is 5.32 Å². The molecule has 1 aromatic heterocycles. The predicted molar refractivity (Wildman–Crippen MR) is 106 cm³/mol. The Balaban J connectivity index is 1.60. The van der Waals surface area contributed by atoms with Crippen molar-refractivity contribution < 1.29 is 4.79 Å². The number of aromatic nitrogens is 1. The number of benzene rings is 2. The van der Waals surface area contributed by atoms with Crippen LogP contribution in [0.1, 0.15) is 36.3 Å². The summed E-state index contributed by atoms with van der Waals surface area (Å²) < 4.78 is 0. The van der Waals surface area contributed by atoms with Gasteiger partial charge in [-0.1, -0.05) is 60.7 Å². The zero-order valence-electron chi connectivity index (χ0n) is 14.8. The zero-order chi connectivity index (χ0) is 17.8. The summed E-state index contributed by atoms with van der Waals surface area (Å²) in [6.45, 7) is 0.616. The molecule has 1 aliphatic rings. The first-order valence-electron chi connectivity index (χ1n) is 9.36. The Morgan fingerprint density at radius 3 is 2.69 bits per heavy atom. The lowest BCUT2D eigenvalue weighted by Crippen LogP contribution is -2.34. The van der Waals surface area contributed by atoms with E-state index in [1.165, 1.54) is 16.5 Å². The summed E-state index contributed by atoms with van der Waals surface area (Å²) in [6.07, 6.45) is 9.19. The van der Waals surface area contributed by atoms with Crippen molar-refractivity contribution in [1.29, 1.82) is 0 Å². The molecule has 0 unspecified atom stereocenters. The lowest BCUT2D eigenvalue weighted by atomic mass is 9.90. The van der Waals surface area contributed by atoms with Gasteiger partial charge in [-0.05, 0) is 36.5 Å². The number of rotatable bonds is 5. The second-order valence-electron chi connectivity index (χ2n) is 6.98. The first kappa shape index (κ1) is 16.6. The highest BCUT2D eigenvalue weighted by Crippen LogP contribution is 2.30. The van der Waals surface area contributed by atoms with Gasteiger partial charge in [-0.3, -0.25) is 4.79 Å². The smallest absolute Gasteiger partial charge is 0.223 e. The van der Waals surface area contributed by atoms with E-state index in [1.54, 1.807) is 0 Å². The number of aromatic amines is 1. The number of amides is 1. The van der Waals surface area contributed by atoms with Gasteiger partial charge in [-0.25, -0.2) is 0 Å². The van der Waals surface area contributed by atoms with E-state index in [2.05, 4.69) is 71.1 Å². The van der Waals surface area contributed by atoms with E-state index in [4.69, 9.17) is 0 Å². The summed E-state index contributed by atoms with van der Waals surface area (Å²) >= 11 is 0. The van der Waals surface area contributed by atoms with Gasteiger partial charge in [-0.2, -0.15) is 0 Å². The van der Waals surface area contributed by atoms with Gasteiger partial charge in [-0.15, -0.1) is 0 Å². The highest BCUT2D eigenvalue weighted by molar-refractivity contribution is 5.84. The number of H-pyrrole nitrogens is 1. The highest BCUT2D eigenvalue weighted by Gasteiger charge is 2.22. The molecule has 1 heterocycles. The maximum absolute atomic E-state index is 12.6. The number of allylic oxidation sites excluding steroid dienone is 2. The average molecular weight is 344 g/mol. The molecule has 2 N–H and O–H groups in total. The molecule has 2 aromatic carbocycles. The van der Waals surface area contributed by atoms with E-state index in [0.717, 1.165) is 24.8 Å². The van der Waals surface area contributed by atoms with E-state index in [1.807, 2.05) is 12.1 Å². The van der Waals surface area contributed by atoms with Crippen molar-refractivity contribution in [3.05, 3.63) is 84.1 Å². The van der Waals surface area contributed by atoms with Crippen LogP contribution in [0, 0.1) is 5.92 Å². The van der Waals surface area contributed by atoms with Crippen LogP contribution in [0.25, 0.3) is 10.9 Å². The van der Waals surface area contributed by atoms with Crippen LogP contribution in [0.4, 0.5) is 0 Å². The van der Waals surface area contributed by atoms with Gasteiger partial charge in [0.25, 0.3) is 0 Å². The second-order valence-corrected chi connectivity index (χ2v) is 6.98. The standard InChI is InChI=1S/C23H24N2O/c26-23(18-11-5-2-6-12-18)25-15-20(17-9-3-1-4-10-17)21-16-24-22-14-8-7-13-19(21)22/h1-5,7-10,13-14,16,18,20,24H,6,11-12,15H2,(H,25,26)/t18-,20+/m1/s1. The van der Waals surface area contributed by atoms with E-state index < -0.39 is 0 Å². The minimum Gasteiger partial charge on any atom is -0.361 e. The Labute approximate surface area is 154 Å². The van der Waals surface area contributed by atoms with Crippen LogP contribution >= 0.6 is 0 Å². The molecule has 3 aromatic rings. The highest BCUT2D eigenvalue weighted by atomic mass is 16.1. The van der Waals surface area contributed by atoms with E-state index >= 15 is 0 Å². The zero-order valence-corrected chi connectivity index (χ0v) is 14.8. The average Bonchev–Trinajstić information content (AvgIpc) is 3.14. The van der Waals surface area contributed by atoms with E-state index in [0.29, 0.717) is 6.54 Å². The van der Waals surface area contributed by atoms with Crippen LogP contribution in [-0.4, -0.2) is 17.4 Å². The number of hydrogen-bond acceptors (Lipinski definition) is 1. The van der Waals surface area contributed by atoms with Gasteiger partial charge in [0, 0.05) is 35.5 Å². The molecule has 132 valence electrons. The molecular formula is C23H24N2O. The van der Waals surface area contributed by atoms with Gasteiger partial charge in [0.15, 0.2) is 0 Å². The van der Waals surface area contributed by atoms with Gasteiger partial charge >= 0.3 is 0 Å². The number of fused-ring (bicyclic) bond motifs is 1. The van der Waals surface area contributed by atoms with E-state index in [-0.39, 0.29) is 17.7 Å². The molecular weight excluding hydrogens is 320 g/mol. The molecule has 0 bridgehead atoms.